The van der Waals surface area contributed by atoms with Crippen LogP contribution in [0.1, 0.15) is 33.4 Å². The summed E-state index contributed by atoms with van der Waals surface area (Å²) in [5.41, 5.74) is -2.51. The van der Waals surface area contributed by atoms with Crippen LogP contribution in [0.5, 0.6) is 0 Å². The molecule has 0 aliphatic carbocycles. The van der Waals surface area contributed by atoms with Gasteiger partial charge in [-0.2, -0.15) is 10.5 Å². The summed E-state index contributed by atoms with van der Waals surface area (Å²) in [7, 11) is 0. The van der Waals surface area contributed by atoms with Gasteiger partial charge in [-0.05, 0) is 23.3 Å². The number of aliphatic hydroxyl groups is 2. The first kappa shape index (κ1) is 21.0. The van der Waals surface area contributed by atoms with Crippen LogP contribution in [0.3, 0.4) is 0 Å². The number of hydrogen-bond donors (Lipinski definition) is 2. The lowest BCUT2D eigenvalue weighted by atomic mass is 9.64. The summed E-state index contributed by atoms with van der Waals surface area (Å²) >= 11 is 0. The van der Waals surface area contributed by atoms with Gasteiger partial charge in [0.05, 0.1) is 23.3 Å². The smallest absolute Gasteiger partial charge is 0.154 e. The van der Waals surface area contributed by atoms with Gasteiger partial charge in [-0.3, -0.25) is 0 Å². The van der Waals surface area contributed by atoms with Gasteiger partial charge in [0.25, 0.3) is 0 Å². The van der Waals surface area contributed by atoms with E-state index >= 15 is 0 Å². The molecule has 2 N–H and O–H groups in total. The van der Waals surface area contributed by atoms with Crippen LogP contribution in [0.25, 0.3) is 0 Å². The minimum absolute atomic E-state index is 0.202. The molecule has 0 aliphatic rings. The van der Waals surface area contributed by atoms with E-state index in [4.69, 9.17) is 0 Å². The van der Waals surface area contributed by atoms with Crippen molar-refractivity contribution in [3.05, 3.63) is 143 Å². The molecule has 0 spiro atoms. The molecule has 0 heterocycles. The summed E-state index contributed by atoms with van der Waals surface area (Å²) in [6.07, 6.45) is 0. The van der Waals surface area contributed by atoms with Crippen LogP contribution in [-0.2, 0) is 11.2 Å². The van der Waals surface area contributed by atoms with E-state index in [0.717, 1.165) is 0 Å². The zero-order valence-electron chi connectivity index (χ0n) is 17.2. The standard InChI is InChI=1S/C28H20N2O2/c29-19-21-11-7-9-17-25(21)28(32,26-18-10-8-12-22(26)20-30)27(31,23-13-3-1-4-14-23)24-15-5-2-6-16-24/h1-18,31-32H. The Morgan fingerprint density at radius 1 is 0.469 bits per heavy atom. The highest BCUT2D eigenvalue weighted by atomic mass is 16.4. The normalized spacial score (nSPS) is 11.4. The maximum absolute atomic E-state index is 12.7. The molecule has 0 aliphatic heterocycles. The van der Waals surface area contributed by atoms with E-state index in [1.54, 1.807) is 97.1 Å². The Kier molecular flexibility index (Phi) is 5.58. The van der Waals surface area contributed by atoms with Crippen molar-refractivity contribution in [3.8, 4) is 12.1 Å². The Balaban J connectivity index is 2.21. The molecule has 0 radical (unpaired) electrons. The monoisotopic (exact) mass is 416 g/mol. The molecule has 0 unspecified atom stereocenters. The van der Waals surface area contributed by atoms with Crippen LogP contribution in [0, 0.1) is 22.7 Å². The molecule has 0 atom stereocenters. The van der Waals surface area contributed by atoms with Crippen molar-refractivity contribution >= 4 is 0 Å². The number of hydrogen-bond acceptors (Lipinski definition) is 4. The van der Waals surface area contributed by atoms with Gasteiger partial charge in [0.1, 0.15) is 0 Å². The summed E-state index contributed by atoms with van der Waals surface area (Å²) in [4.78, 5) is 0. The zero-order chi connectivity index (χ0) is 22.6. The summed E-state index contributed by atoms with van der Waals surface area (Å²) in [5.74, 6) is 0. The Morgan fingerprint density at radius 2 is 0.812 bits per heavy atom. The van der Waals surface area contributed by atoms with Crippen LogP contribution in [-0.4, -0.2) is 10.2 Å². The van der Waals surface area contributed by atoms with Gasteiger partial charge in [0, 0.05) is 11.1 Å². The minimum atomic E-state index is -2.16. The highest BCUT2D eigenvalue weighted by Gasteiger charge is 2.55. The average molecular weight is 416 g/mol. The third-order valence-corrected chi connectivity index (χ3v) is 5.78. The predicted octanol–water partition coefficient (Wildman–Crippen LogP) is 4.60. The SMILES string of the molecule is N#Cc1ccccc1C(O)(c1ccccc1C#N)C(O)(c1ccccc1)c1ccccc1. The summed E-state index contributed by atoms with van der Waals surface area (Å²) in [5, 5.41) is 44.9. The van der Waals surface area contributed by atoms with Crippen LogP contribution < -0.4 is 0 Å². The van der Waals surface area contributed by atoms with Crippen molar-refractivity contribution in [1.29, 1.82) is 10.5 Å². The second-order valence-electron chi connectivity index (χ2n) is 7.47. The number of nitriles is 2. The first-order valence-corrected chi connectivity index (χ1v) is 10.1. The lowest BCUT2D eigenvalue weighted by Crippen LogP contribution is -2.52. The Morgan fingerprint density at radius 3 is 1.19 bits per heavy atom. The van der Waals surface area contributed by atoms with E-state index in [1.165, 1.54) is 0 Å². The Hall–Kier alpha value is -4.22. The first-order valence-electron chi connectivity index (χ1n) is 10.1. The fourth-order valence-electron chi connectivity index (χ4n) is 4.27. The van der Waals surface area contributed by atoms with Crippen LogP contribution in [0.15, 0.2) is 109 Å². The fraction of sp³-hybridized carbons (Fsp3) is 0.0714. The maximum Gasteiger partial charge on any atom is 0.154 e. The molecule has 154 valence electrons. The summed E-state index contributed by atoms with van der Waals surface area (Å²) < 4.78 is 0. The van der Waals surface area contributed by atoms with Gasteiger partial charge >= 0.3 is 0 Å². The van der Waals surface area contributed by atoms with Crippen molar-refractivity contribution in [3.63, 3.8) is 0 Å². The van der Waals surface area contributed by atoms with Gasteiger partial charge in [-0.1, -0.05) is 97.1 Å². The van der Waals surface area contributed by atoms with Gasteiger partial charge in [-0.25, -0.2) is 0 Å². The molecule has 0 fully saturated rings. The lowest BCUT2D eigenvalue weighted by molar-refractivity contribution is -0.113. The molecular weight excluding hydrogens is 396 g/mol. The molecule has 0 saturated heterocycles. The van der Waals surface area contributed by atoms with Crippen LogP contribution >= 0.6 is 0 Å². The number of nitrogens with zero attached hydrogens (tertiary/aromatic N) is 2. The maximum atomic E-state index is 12.7. The fourth-order valence-corrected chi connectivity index (χ4v) is 4.27. The molecule has 4 aromatic carbocycles. The highest BCUT2D eigenvalue weighted by molar-refractivity contribution is 5.58. The van der Waals surface area contributed by atoms with E-state index in [0.29, 0.717) is 11.1 Å². The van der Waals surface area contributed by atoms with Crippen LogP contribution in [0.4, 0.5) is 0 Å². The van der Waals surface area contributed by atoms with Gasteiger partial charge in [0.2, 0.25) is 0 Å². The van der Waals surface area contributed by atoms with Gasteiger partial charge < -0.3 is 10.2 Å². The van der Waals surface area contributed by atoms with Crippen molar-refractivity contribution in [2.24, 2.45) is 0 Å². The molecule has 0 bridgehead atoms. The van der Waals surface area contributed by atoms with Gasteiger partial charge in [-0.15, -0.1) is 0 Å². The van der Waals surface area contributed by atoms with Crippen LogP contribution in [0.2, 0.25) is 0 Å². The van der Waals surface area contributed by atoms with Gasteiger partial charge in [0.15, 0.2) is 11.2 Å². The molecule has 0 saturated carbocycles. The number of benzene rings is 4. The Bertz CT molecular complexity index is 1220. The molecular formula is C28H20N2O2. The molecule has 0 aromatic heterocycles. The third-order valence-electron chi connectivity index (χ3n) is 5.78. The van der Waals surface area contributed by atoms with Crippen molar-refractivity contribution in [2.75, 3.05) is 0 Å². The Labute approximate surface area is 186 Å². The van der Waals surface area contributed by atoms with E-state index in [2.05, 4.69) is 12.1 Å². The molecule has 4 heteroatoms. The average Bonchev–Trinajstić information content (AvgIpc) is 2.88. The van der Waals surface area contributed by atoms with Crippen molar-refractivity contribution < 1.29 is 10.2 Å². The van der Waals surface area contributed by atoms with Crippen molar-refractivity contribution in [1.82, 2.24) is 0 Å². The molecule has 4 rings (SSSR count). The van der Waals surface area contributed by atoms with E-state index < -0.39 is 11.2 Å². The summed E-state index contributed by atoms with van der Waals surface area (Å²) in [6.45, 7) is 0. The van der Waals surface area contributed by atoms with E-state index in [-0.39, 0.29) is 22.3 Å². The highest BCUT2D eigenvalue weighted by Crippen LogP contribution is 2.51. The third kappa shape index (κ3) is 3.16. The van der Waals surface area contributed by atoms with E-state index in [9.17, 15) is 20.7 Å². The topological polar surface area (TPSA) is 88.0 Å². The summed E-state index contributed by atoms with van der Waals surface area (Å²) in [6, 6.07) is 35.1. The van der Waals surface area contributed by atoms with Crippen molar-refractivity contribution in [2.45, 2.75) is 11.2 Å². The lowest BCUT2D eigenvalue weighted by Gasteiger charge is -2.45. The second-order valence-corrected chi connectivity index (χ2v) is 7.47. The molecule has 4 aromatic rings. The van der Waals surface area contributed by atoms with E-state index in [1.807, 2.05) is 12.1 Å². The quantitative estimate of drug-likeness (QED) is 0.498. The predicted molar refractivity (Wildman–Crippen MR) is 121 cm³/mol. The molecule has 4 nitrogen and oxygen atoms in total. The molecule has 32 heavy (non-hydrogen) atoms. The zero-order valence-corrected chi connectivity index (χ0v) is 17.2. The molecule has 0 amide bonds. The second kappa shape index (κ2) is 8.49. The number of rotatable bonds is 5. The largest absolute Gasteiger partial charge is 0.377 e. The first-order chi connectivity index (χ1) is 15.6. The minimum Gasteiger partial charge on any atom is -0.377 e.